The van der Waals surface area contributed by atoms with E-state index in [1.807, 2.05) is 36.4 Å². The van der Waals surface area contributed by atoms with Crippen molar-refractivity contribution in [2.24, 2.45) is 0 Å². The highest BCUT2D eigenvalue weighted by Gasteiger charge is 2.36. The molecule has 6 aliphatic rings. The summed E-state index contributed by atoms with van der Waals surface area (Å²) >= 11 is 0. The average molecular weight is 1560 g/mol. The number of hydrogen-bond donors (Lipinski definition) is 0. The fourth-order valence-electron chi connectivity index (χ4n) is 17.4. The first-order chi connectivity index (χ1) is 56.4. The Hall–Kier alpha value is -12.6. The highest BCUT2D eigenvalue weighted by Crippen LogP contribution is 2.50. The Bertz CT molecular complexity index is 6040. The molecule has 3 aromatic heterocycles. The first-order valence-electron chi connectivity index (χ1n) is 41.4. The molecule has 15 nitrogen and oxygen atoms in total. The monoisotopic (exact) mass is 1550 g/mol. The van der Waals surface area contributed by atoms with Crippen LogP contribution in [0.1, 0.15) is 103 Å². The van der Waals surface area contributed by atoms with Gasteiger partial charge in [0.15, 0.2) is 16.7 Å². The van der Waals surface area contributed by atoms with Gasteiger partial charge in [0.1, 0.15) is 53.7 Å². The van der Waals surface area contributed by atoms with Crippen LogP contribution in [0.4, 0.5) is 56.9 Å². The van der Waals surface area contributed by atoms with Crippen molar-refractivity contribution in [3.63, 3.8) is 0 Å². The van der Waals surface area contributed by atoms with Crippen LogP contribution in [0.25, 0.3) is 65.8 Å². The number of benzene rings is 11. The van der Waals surface area contributed by atoms with E-state index >= 15 is 0 Å². The lowest BCUT2D eigenvalue weighted by molar-refractivity contribution is 0.263. The van der Waals surface area contributed by atoms with Crippen molar-refractivity contribution in [1.82, 2.24) is 19.6 Å². The van der Waals surface area contributed by atoms with E-state index < -0.39 is 0 Å². The first-order valence-corrected chi connectivity index (χ1v) is 41.4. The number of anilines is 10. The SMILES string of the molecule is Cc1ccc2c(oc3ccccc32)c1N1C=CN(C(C)C)[C@H]1C.Cc1ccc2c(oc3ccccc32)c1N1C=CN(C)[C@H]1C.Cc1ccc2c(oc3ccccc32)c1N1c2ccccc2N(C)[C@H]1C.Cc1ccccc1N1C=CN(C(C)C)[C@H]1C.Cc1ccccc1N1C=CN(C)[C@H]1C.Cc1ccccc1N1c2ccccc2N(C)[C@H]1C. The zero-order valence-electron chi connectivity index (χ0n) is 71.8. The molecule has 0 radical (unpaired) electrons. The predicted octanol–water partition coefficient (Wildman–Crippen LogP) is 25.4. The van der Waals surface area contributed by atoms with Crippen molar-refractivity contribution in [1.29, 1.82) is 0 Å². The molecule has 0 unspecified atom stereocenters. The Labute approximate surface area is 692 Å². The smallest absolute Gasteiger partial charge is 0.159 e. The number of rotatable bonds is 8. The van der Waals surface area contributed by atoms with E-state index in [1.54, 1.807) is 0 Å². The van der Waals surface area contributed by atoms with Gasteiger partial charge in [-0.15, -0.1) is 0 Å². The number of para-hydroxylation sites is 10. The molecule has 6 atom stereocenters. The minimum Gasteiger partial charge on any atom is -0.454 e. The maximum Gasteiger partial charge on any atom is 0.159 e. The number of aryl methyl sites for hydroxylation is 6. The molecule has 0 N–H and O–H groups in total. The van der Waals surface area contributed by atoms with Crippen molar-refractivity contribution in [2.45, 2.75) is 160 Å². The van der Waals surface area contributed by atoms with Crippen molar-refractivity contribution in [2.75, 3.05) is 67.4 Å². The number of fused-ring (bicyclic) bond motifs is 11. The summed E-state index contributed by atoms with van der Waals surface area (Å²) in [6, 6.07) is 81.6. The second kappa shape index (κ2) is 33.3. The number of hydrogen-bond acceptors (Lipinski definition) is 15. The molecule has 0 aliphatic carbocycles. The van der Waals surface area contributed by atoms with Crippen LogP contribution in [-0.4, -0.2) is 96.9 Å². The van der Waals surface area contributed by atoms with Crippen LogP contribution in [0.3, 0.4) is 0 Å². The molecule has 20 rings (SSSR count). The zero-order chi connectivity index (χ0) is 82.4. The van der Waals surface area contributed by atoms with Gasteiger partial charge in [-0.1, -0.05) is 170 Å². The minimum atomic E-state index is 0.231. The van der Waals surface area contributed by atoms with Gasteiger partial charge in [-0.25, -0.2) is 0 Å². The van der Waals surface area contributed by atoms with Gasteiger partial charge in [0.05, 0.1) is 39.8 Å². The fraction of sp³-hybridized carbons (Fsp3) is 0.275. The molecule has 0 bridgehead atoms. The standard InChI is InChI=1S/C22H20N2O.C20H22N2O.C18H18N2O.C16H18N2.C14H20N2.C12H16N2/c1-14-12-13-17-16-8-4-7-11-20(16)25-22(17)21(14)24-15(2)23(3)18-9-5-6-10-19(18)24;1-13(2)21-11-12-22(15(21)4)19-14(3)9-10-17-16-7-5-6-8-18(16)23-20(17)19;1-12-8-9-15-14-6-4-5-7-16(14)21-18(15)17(12)20-11-10-19(3)13(20)2;1-12-8-4-5-9-14(12)18-13(2)17(3)15-10-6-7-11-16(15)18;1-11(2)15-9-10-16(13(15)4)14-8-6-5-7-12(14)3;1-10-6-4-5-7-12(10)14-9-8-13(3)11(14)2/h4-13,15H,1-3H3;5-13,15H,1-4H3;4-11,13H,1-3H3;4-11,13H,1-3H3;5-11,13H,1-4H3;4-9,11H,1-3H3/t2*15-;3*13-;11-/m111111/s1. The summed E-state index contributed by atoms with van der Waals surface area (Å²) < 4.78 is 18.7. The van der Waals surface area contributed by atoms with Crippen molar-refractivity contribution in [3.05, 3.63) is 314 Å². The van der Waals surface area contributed by atoms with E-state index in [1.165, 1.54) is 111 Å². The molecule has 6 aliphatic heterocycles. The minimum absolute atomic E-state index is 0.231. The maximum absolute atomic E-state index is 6.32. The molecule has 0 saturated heterocycles. The summed E-state index contributed by atoms with van der Waals surface area (Å²) in [5, 5.41) is 7.08. The molecule has 14 aromatic rings. The van der Waals surface area contributed by atoms with E-state index in [9.17, 15) is 0 Å². The Morgan fingerprint density at radius 2 is 0.530 bits per heavy atom. The van der Waals surface area contributed by atoms with Crippen LogP contribution >= 0.6 is 0 Å². The normalized spacial score (nSPS) is 18.4. The fourth-order valence-corrected chi connectivity index (χ4v) is 17.4. The first kappa shape index (κ1) is 79.6. The summed E-state index contributed by atoms with van der Waals surface area (Å²) in [5.41, 5.74) is 25.9. The highest BCUT2D eigenvalue weighted by atomic mass is 16.3. The molecule has 9 heterocycles. The summed E-state index contributed by atoms with van der Waals surface area (Å²) in [7, 11) is 8.49. The molecule has 0 amide bonds. The number of furan rings is 3. The molecular formula is C102H114N12O3. The quantitative estimate of drug-likeness (QED) is 0.145. The highest BCUT2D eigenvalue weighted by molar-refractivity contribution is 6.12. The molecule has 11 aromatic carbocycles. The molecule has 15 heteroatoms. The summed E-state index contributed by atoms with van der Waals surface area (Å²) in [6.07, 6.45) is 19.1. The average Bonchev–Trinajstić information content (AvgIpc) is 1.59. The second-order valence-corrected chi connectivity index (χ2v) is 32.4. The lowest BCUT2D eigenvalue weighted by atomic mass is 10.1. The Morgan fingerprint density at radius 1 is 0.239 bits per heavy atom. The Kier molecular flexibility index (Phi) is 22.7. The van der Waals surface area contributed by atoms with Crippen LogP contribution in [0.15, 0.2) is 293 Å². The van der Waals surface area contributed by atoms with Gasteiger partial charge in [0.25, 0.3) is 0 Å². The molecular weight excluding hydrogens is 1440 g/mol. The largest absolute Gasteiger partial charge is 0.454 e. The van der Waals surface area contributed by atoms with E-state index in [4.69, 9.17) is 13.3 Å². The maximum atomic E-state index is 6.32. The Morgan fingerprint density at radius 3 is 0.915 bits per heavy atom. The van der Waals surface area contributed by atoms with E-state index in [0.717, 1.165) is 44.9 Å². The lowest BCUT2D eigenvalue weighted by Crippen LogP contribution is -2.39. The van der Waals surface area contributed by atoms with Crippen LogP contribution < -0.4 is 39.2 Å². The van der Waals surface area contributed by atoms with Crippen molar-refractivity contribution >= 4 is 123 Å². The van der Waals surface area contributed by atoms with Gasteiger partial charge in [-0.2, -0.15) is 0 Å². The van der Waals surface area contributed by atoms with Gasteiger partial charge >= 0.3 is 0 Å². The van der Waals surface area contributed by atoms with Gasteiger partial charge in [0, 0.05) is 139 Å². The van der Waals surface area contributed by atoms with Gasteiger partial charge in [0.2, 0.25) is 0 Å². The van der Waals surface area contributed by atoms with Crippen molar-refractivity contribution in [3.8, 4) is 0 Å². The number of nitrogens with zero attached hydrogens (tertiary/aromatic N) is 12. The molecule has 0 saturated carbocycles. The molecule has 0 spiro atoms. The summed E-state index contributed by atoms with van der Waals surface area (Å²) in [5.74, 6) is 0. The van der Waals surface area contributed by atoms with E-state index in [2.05, 4.69) is 441 Å². The topological polar surface area (TPSA) is 78.3 Å². The second-order valence-electron chi connectivity index (χ2n) is 32.4. The van der Waals surface area contributed by atoms with Gasteiger partial charge in [-0.05, 0) is 205 Å². The van der Waals surface area contributed by atoms with Crippen LogP contribution in [0, 0.1) is 41.5 Å². The lowest BCUT2D eigenvalue weighted by Gasteiger charge is -2.33. The molecule has 117 heavy (non-hydrogen) atoms. The predicted molar refractivity (Wildman–Crippen MR) is 496 cm³/mol. The van der Waals surface area contributed by atoms with Crippen molar-refractivity contribution < 1.29 is 13.3 Å². The van der Waals surface area contributed by atoms with Crippen LogP contribution in [0.5, 0.6) is 0 Å². The molecule has 0 fully saturated rings. The Balaban J connectivity index is 0.000000111. The third-order valence-corrected chi connectivity index (χ3v) is 24.6. The van der Waals surface area contributed by atoms with Gasteiger partial charge in [-0.3, -0.25) is 0 Å². The van der Waals surface area contributed by atoms with Crippen LogP contribution in [-0.2, 0) is 0 Å². The third kappa shape index (κ3) is 15.0. The van der Waals surface area contributed by atoms with Gasteiger partial charge < -0.3 is 72.1 Å². The van der Waals surface area contributed by atoms with E-state index in [-0.39, 0.29) is 12.3 Å². The zero-order valence-corrected chi connectivity index (χ0v) is 71.8. The van der Waals surface area contributed by atoms with Crippen LogP contribution in [0.2, 0.25) is 0 Å². The summed E-state index contributed by atoms with van der Waals surface area (Å²) in [6.45, 7) is 35.2. The molecule has 600 valence electrons. The van der Waals surface area contributed by atoms with E-state index in [0.29, 0.717) is 36.7 Å². The third-order valence-electron chi connectivity index (χ3n) is 24.6. The summed E-state index contributed by atoms with van der Waals surface area (Å²) in [4.78, 5) is 27.8.